The van der Waals surface area contributed by atoms with Crippen molar-refractivity contribution in [2.75, 3.05) is 6.61 Å². The molecule has 0 saturated carbocycles. The van der Waals surface area contributed by atoms with E-state index in [4.69, 9.17) is 29.4 Å². The lowest BCUT2D eigenvalue weighted by atomic mass is 10.1. The third-order valence-corrected chi connectivity index (χ3v) is 4.77. The second kappa shape index (κ2) is 14.2. The number of esters is 3. The van der Waals surface area contributed by atoms with Crippen molar-refractivity contribution in [1.82, 2.24) is 0 Å². The summed E-state index contributed by atoms with van der Waals surface area (Å²) in [5, 5.41) is 0. The summed E-state index contributed by atoms with van der Waals surface area (Å²) in [5.41, 5.74) is 6.54. The summed E-state index contributed by atoms with van der Waals surface area (Å²) >= 11 is 0. The van der Waals surface area contributed by atoms with Crippen LogP contribution in [0.4, 0.5) is 4.79 Å². The molecule has 1 aromatic rings. The highest BCUT2D eigenvalue weighted by molar-refractivity contribution is 5.77. The van der Waals surface area contributed by atoms with Gasteiger partial charge in [-0.3, -0.25) is 14.4 Å². The van der Waals surface area contributed by atoms with E-state index < -0.39 is 36.2 Å². The Morgan fingerprint density at radius 2 is 1.47 bits per heavy atom. The fraction of sp³-hybridized carbons (Fsp3) is 0.583. The lowest BCUT2D eigenvalue weighted by Gasteiger charge is -2.19. The van der Waals surface area contributed by atoms with Crippen LogP contribution in [0.5, 0.6) is 11.5 Å². The molecule has 1 aromatic carbocycles. The molecule has 1 rings (SSSR count). The van der Waals surface area contributed by atoms with E-state index in [2.05, 4.69) is 0 Å². The van der Waals surface area contributed by atoms with Crippen molar-refractivity contribution in [3.05, 3.63) is 23.8 Å². The molecule has 2 N–H and O–H groups in total. The largest absolute Gasteiger partial charge is 0.508 e. The van der Waals surface area contributed by atoms with Crippen molar-refractivity contribution >= 4 is 24.1 Å². The standard InChI is InChI=1S/C24H35NO9/c1-7-21(26)33-19-10-9-17(12-20(19)34-22(27)8-2)11-18(25)23(28)31-15(5)13-30-24(29)32-16(6)14(3)4/h9-10,12,14-16,18H,7-8,11,13,25H2,1-6H3/t15-,16?,18-/m0/s1. The van der Waals surface area contributed by atoms with Crippen LogP contribution in [0.25, 0.3) is 0 Å². The summed E-state index contributed by atoms with van der Waals surface area (Å²) in [4.78, 5) is 47.4. The van der Waals surface area contributed by atoms with Crippen LogP contribution < -0.4 is 15.2 Å². The average molecular weight is 482 g/mol. The third kappa shape index (κ3) is 10.2. The molecule has 34 heavy (non-hydrogen) atoms. The van der Waals surface area contributed by atoms with Crippen LogP contribution in [0.1, 0.15) is 59.9 Å². The number of hydrogen-bond donors (Lipinski definition) is 1. The monoisotopic (exact) mass is 481 g/mol. The Bertz CT molecular complexity index is 853. The number of nitrogens with two attached hydrogens (primary N) is 1. The first kappa shape index (κ1) is 28.9. The second-order valence-electron chi connectivity index (χ2n) is 8.12. The van der Waals surface area contributed by atoms with Gasteiger partial charge in [0.05, 0.1) is 0 Å². The number of rotatable bonds is 12. The lowest BCUT2D eigenvalue weighted by molar-refractivity contribution is -0.152. The molecular weight excluding hydrogens is 446 g/mol. The Morgan fingerprint density at radius 3 is 2.03 bits per heavy atom. The SMILES string of the molecule is CCC(=O)Oc1ccc(C[C@H](N)C(=O)O[C@@H](C)COC(=O)OC(C)C(C)C)cc1OC(=O)CC. The van der Waals surface area contributed by atoms with Gasteiger partial charge < -0.3 is 29.4 Å². The van der Waals surface area contributed by atoms with Gasteiger partial charge in [0.1, 0.15) is 24.9 Å². The second-order valence-corrected chi connectivity index (χ2v) is 8.12. The van der Waals surface area contributed by atoms with Gasteiger partial charge in [0.25, 0.3) is 0 Å². The Morgan fingerprint density at radius 1 is 0.882 bits per heavy atom. The third-order valence-electron chi connectivity index (χ3n) is 4.77. The van der Waals surface area contributed by atoms with Crippen molar-refractivity contribution in [1.29, 1.82) is 0 Å². The number of hydrogen-bond acceptors (Lipinski definition) is 10. The minimum atomic E-state index is -1.03. The maximum atomic E-state index is 12.4. The minimum absolute atomic E-state index is 0.0580. The van der Waals surface area contributed by atoms with Gasteiger partial charge in [-0.1, -0.05) is 33.8 Å². The molecule has 0 aromatic heterocycles. The van der Waals surface area contributed by atoms with E-state index in [0.29, 0.717) is 5.56 Å². The molecule has 0 radical (unpaired) electrons. The zero-order chi connectivity index (χ0) is 25.8. The molecule has 10 heteroatoms. The van der Waals surface area contributed by atoms with E-state index in [0.717, 1.165) is 0 Å². The summed E-state index contributed by atoms with van der Waals surface area (Å²) < 4.78 is 25.7. The van der Waals surface area contributed by atoms with Crippen molar-refractivity contribution < 1.29 is 42.9 Å². The van der Waals surface area contributed by atoms with Gasteiger partial charge in [-0.05, 0) is 43.9 Å². The molecule has 0 aliphatic carbocycles. The van der Waals surface area contributed by atoms with E-state index in [-0.39, 0.29) is 49.4 Å². The predicted octanol–water partition coefficient (Wildman–Crippen LogP) is 3.32. The molecule has 0 bridgehead atoms. The van der Waals surface area contributed by atoms with Crippen LogP contribution in [0, 0.1) is 5.92 Å². The smallest absolute Gasteiger partial charge is 0.458 e. The first-order valence-electron chi connectivity index (χ1n) is 11.3. The Labute approximate surface area is 200 Å². The van der Waals surface area contributed by atoms with Gasteiger partial charge in [0.15, 0.2) is 11.5 Å². The van der Waals surface area contributed by atoms with Crippen molar-refractivity contribution in [3.63, 3.8) is 0 Å². The predicted molar refractivity (Wildman–Crippen MR) is 122 cm³/mol. The summed E-state index contributed by atoms with van der Waals surface area (Å²) in [6.07, 6.45) is -1.54. The normalized spacial score (nSPS) is 13.4. The summed E-state index contributed by atoms with van der Waals surface area (Å²) in [5.74, 6) is -1.40. The number of carbonyl (C=O) groups is 4. The van der Waals surface area contributed by atoms with Crippen molar-refractivity contribution in [2.24, 2.45) is 11.7 Å². The molecule has 190 valence electrons. The van der Waals surface area contributed by atoms with Gasteiger partial charge in [0, 0.05) is 12.8 Å². The Hall–Kier alpha value is -3.14. The highest BCUT2D eigenvalue weighted by atomic mass is 16.7. The lowest BCUT2D eigenvalue weighted by Crippen LogP contribution is -2.37. The van der Waals surface area contributed by atoms with E-state index in [1.54, 1.807) is 33.8 Å². The van der Waals surface area contributed by atoms with E-state index >= 15 is 0 Å². The minimum Gasteiger partial charge on any atom is -0.458 e. The molecule has 0 spiro atoms. The van der Waals surface area contributed by atoms with E-state index in [9.17, 15) is 19.2 Å². The maximum absolute atomic E-state index is 12.4. The maximum Gasteiger partial charge on any atom is 0.508 e. The molecule has 0 saturated heterocycles. The molecule has 3 atom stereocenters. The van der Waals surface area contributed by atoms with Crippen LogP contribution in [0.15, 0.2) is 18.2 Å². The summed E-state index contributed by atoms with van der Waals surface area (Å²) in [6, 6.07) is 3.53. The molecule has 1 unspecified atom stereocenters. The zero-order valence-corrected chi connectivity index (χ0v) is 20.6. The van der Waals surface area contributed by atoms with Crippen molar-refractivity contribution in [2.45, 2.75) is 79.1 Å². The average Bonchev–Trinajstić information content (AvgIpc) is 2.78. The topological polar surface area (TPSA) is 140 Å². The number of carbonyl (C=O) groups excluding carboxylic acids is 4. The summed E-state index contributed by atoms with van der Waals surface area (Å²) in [6.45, 7) is 10.2. The molecule has 0 aliphatic rings. The highest BCUT2D eigenvalue weighted by Crippen LogP contribution is 2.30. The Balaban J connectivity index is 2.71. The van der Waals surface area contributed by atoms with Gasteiger partial charge in [-0.15, -0.1) is 0 Å². The molecule has 0 fully saturated rings. The van der Waals surface area contributed by atoms with E-state index in [1.165, 1.54) is 12.1 Å². The zero-order valence-electron chi connectivity index (χ0n) is 20.6. The Kier molecular flexibility index (Phi) is 12.1. The molecule has 10 nitrogen and oxygen atoms in total. The van der Waals surface area contributed by atoms with Gasteiger partial charge in [-0.2, -0.15) is 0 Å². The fourth-order valence-corrected chi connectivity index (χ4v) is 2.40. The van der Waals surface area contributed by atoms with Crippen LogP contribution in [0.3, 0.4) is 0 Å². The molecular formula is C24H35NO9. The number of ether oxygens (including phenoxy) is 5. The molecule has 0 heterocycles. The quantitative estimate of drug-likeness (QED) is 0.349. The van der Waals surface area contributed by atoms with Crippen LogP contribution in [-0.2, 0) is 35.0 Å². The molecule has 0 amide bonds. The van der Waals surface area contributed by atoms with Crippen molar-refractivity contribution in [3.8, 4) is 11.5 Å². The highest BCUT2D eigenvalue weighted by Gasteiger charge is 2.22. The van der Waals surface area contributed by atoms with Gasteiger partial charge in [-0.25, -0.2) is 4.79 Å². The van der Waals surface area contributed by atoms with E-state index in [1.807, 2.05) is 13.8 Å². The first-order valence-corrected chi connectivity index (χ1v) is 11.3. The van der Waals surface area contributed by atoms with Crippen LogP contribution >= 0.6 is 0 Å². The van der Waals surface area contributed by atoms with Crippen LogP contribution in [-0.4, -0.2) is 48.9 Å². The van der Waals surface area contributed by atoms with Gasteiger partial charge in [0.2, 0.25) is 0 Å². The van der Waals surface area contributed by atoms with Crippen LogP contribution in [0.2, 0.25) is 0 Å². The van der Waals surface area contributed by atoms with Gasteiger partial charge >= 0.3 is 24.1 Å². The molecule has 0 aliphatic heterocycles. The fourth-order valence-electron chi connectivity index (χ4n) is 2.40. The number of benzene rings is 1. The summed E-state index contributed by atoms with van der Waals surface area (Å²) in [7, 11) is 0. The first-order chi connectivity index (χ1) is 16.0.